The van der Waals surface area contributed by atoms with Crippen LogP contribution in [0, 0.1) is 0 Å². The third-order valence-corrected chi connectivity index (χ3v) is 2.24. The molecule has 90 valence electrons. The van der Waals surface area contributed by atoms with Gasteiger partial charge in [0, 0.05) is 12.2 Å². The number of carbonyl (C=O) groups is 1. The minimum atomic E-state index is -0.559. The maximum Gasteiger partial charge on any atom is 0.319 e. The summed E-state index contributed by atoms with van der Waals surface area (Å²) in [5, 5.41) is 14.2. The van der Waals surface area contributed by atoms with Gasteiger partial charge < -0.3 is 20.7 Å². The molecule has 6 nitrogen and oxygen atoms in total. The summed E-state index contributed by atoms with van der Waals surface area (Å²) in [7, 11) is 0. The van der Waals surface area contributed by atoms with Crippen molar-refractivity contribution in [2.24, 2.45) is 0 Å². The Labute approximate surface area is 98.1 Å². The van der Waals surface area contributed by atoms with Gasteiger partial charge in [-0.25, -0.2) is 9.78 Å². The van der Waals surface area contributed by atoms with Crippen LogP contribution in [0.5, 0.6) is 0 Å². The molecule has 17 heavy (non-hydrogen) atoms. The number of H-pyrrole nitrogens is 1. The predicted molar refractivity (Wildman–Crippen MR) is 64.8 cm³/mol. The van der Waals surface area contributed by atoms with Crippen LogP contribution >= 0.6 is 0 Å². The molecule has 0 saturated carbocycles. The summed E-state index contributed by atoms with van der Waals surface area (Å²) >= 11 is 0. The molecule has 0 radical (unpaired) electrons. The molecule has 0 bridgehead atoms. The van der Waals surface area contributed by atoms with Gasteiger partial charge >= 0.3 is 6.03 Å². The van der Waals surface area contributed by atoms with Gasteiger partial charge in [0.1, 0.15) is 0 Å². The van der Waals surface area contributed by atoms with Crippen molar-refractivity contribution in [1.82, 2.24) is 15.3 Å². The average molecular weight is 234 g/mol. The lowest BCUT2D eigenvalue weighted by atomic mass is 10.3. The van der Waals surface area contributed by atoms with Crippen molar-refractivity contribution in [1.29, 1.82) is 0 Å². The molecule has 0 spiro atoms. The fourth-order valence-electron chi connectivity index (χ4n) is 1.43. The van der Waals surface area contributed by atoms with Crippen LogP contribution in [0.1, 0.15) is 6.92 Å². The highest BCUT2D eigenvalue weighted by Gasteiger charge is 2.04. The molecule has 4 N–H and O–H groups in total. The third kappa shape index (κ3) is 2.94. The zero-order valence-electron chi connectivity index (χ0n) is 9.40. The zero-order chi connectivity index (χ0) is 12.3. The maximum absolute atomic E-state index is 11.4. The Morgan fingerprint density at radius 1 is 1.59 bits per heavy atom. The Balaban J connectivity index is 2.00. The fraction of sp³-hybridized carbons (Fsp3) is 0.273. The van der Waals surface area contributed by atoms with Gasteiger partial charge in [-0.15, -0.1) is 0 Å². The van der Waals surface area contributed by atoms with E-state index in [9.17, 15) is 4.79 Å². The Hall–Kier alpha value is -2.08. The smallest absolute Gasteiger partial charge is 0.319 e. The number of nitrogens with one attached hydrogen (secondary N) is 3. The summed E-state index contributed by atoms with van der Waals surface area (Å²) in [4.78, 5) is 18.5. The second-order valence-electron chi connectivity index (χ2n) is 3.82. The number of imidazole rings is 1. The number of aliphatic hydroxyl groups is 1. The van der Waals surface area contributed by atoms with E-state index in [4.69, 9.17) is 5.11 Å². The number of aromatic amines is 1. The Bertz CT molecular complexity index is 521. The summed E-state index contributed by atoms with van der Waals surface area (Å²) < 4.78 is 0. The number of nitrogens with zero attached hydrogens (tertiary/aromatic N) is 1. The van der Waals surface area contributed by atoms with E-state index in [0.29, 0.717) is 5.69 Å². The number of urea groups is 1. The molecule has 0 aliphatic rings. The van der Waals surface area contributed by atoms with E-state index in [2.05, 4.69) is 20.6 Å². The van der Waals surface area contributed by atoms with E-state index >= 15 is 0 Å². The predicted octanol–water partition coefficient (Wildman–Crippen LogP) is 1.07. The van der Waals surface area contributed by atoms with Gasteiger partial charge in [0.05, 0.1) is 23.5 Å². The van der Waals surface area contributed by atoms with Crippen molar-refractivity contribution in [3.05, 3.63) is 24.5 Å². The van der Waals surface area contributed by atoms with Crippen molar-refractivity contribution < 1.29 is 9.90 Å². The van der Waals surface area contributed by atoms with Gasteiger partial charge in [-0.2, -0.15) is 0 Å². The summed E-state index contributed by atoms with van der Waals surface area (Å²) in [6, 6.07) is 5.04. The van der Waals surface area contributed by atoms with Gasteiger partial charge in [-0.1, -0.05) is 0 Å². The highest BCUT2D eigenvalue weighted by molar-refractivity contribution is 5.91. The highest BCUT2D eigenvalue weighted by Crippen LogP contribution is 2.15. The van der Waals surface area contributed by atoms with Crippen molar-refractivity contribution in [3.8, 4) is 0 Å². The molecule has 0 aliphatic carbocycles. The molecule has 0 saturated heterocycles. The van der Waals surface area contributed by atoms with Crippen LogP contribution in [0.4, 0.5) is 10.5 Å². The molecule has 1 atom stereocenters. The molecular formula is C11H14N4O2. The van der Waals surface area contributed by atoms with Crippen molar-refractivity contribution >= 4 is 22.8 Å². The number of aliphatic hydroxyl groups excluding tert-OH is 1. The van der Waals surface area contributed by atoms with Crippen molar-refractivity contribution in [2.45, 2.75) is 13.0 Å². The molecule has 0 fully saturated rings. The minimum Gasteiger partial charge on any atom is -0.392 e. The Morgan fingerprint density at radius 3 is 3.18 bits per heavy atom. The van der Waals surface area contributed by atoms with Crippen LogP contribution < -0.4 is 10.6 Å². The second kappa shape index (κ2) is 4.84. The van der Waals surface area contributed by atoms with E-state index in [0.717, 1.165) is 11.0 Å². The standard InChI is InChI=1S/C11H14N4O2/c1-7(16)5-12-11(17)15-8-2-3-9-10(4-8)14-6-13-9/h2-4,6-7,16H,5H2,1H3,(H,13,14)(H2,12,15,17). The lowest BCUT2D eigenvalue weighted by molar-refractivity contribution is 0.190. The van der Waals surface area contributed by atoms with E-state index in [1.807, 2.05) is 6.07 Å². The second-order valence-corrected chi connectivity index (χ2v) is 3.82. The maximum atomic E-state index is 11.4. The van der Waals surface area contributed by atoms with Crippen LogP contribution in [0.2, 0.25) is 0 Å². The minimum absolute atomic E-state index is 0.220. The lowest BCUT2D eigenvalue weighted by Gasteiger charge is -2.08. The van der Waals surface area contributed by atoms with E-state index in [-0.39, 0.29) is 12.6 Å². The van der Waals surface area contributed by atoms with E-state index in [1.54, 1.807) is 25.4 Å². The number of carbonyl (C=O) groups excluding carboxylic acids is 1. The topological polar surface area (TPSA) is 90.0 Å². The quantitative estimate of drug-likeness (QED) is 0.640. The number of amides is 2. The largest absolute Gasteiger partial charge is 0.392 e. The lowest BCUT2D eigenvalue weighted by Crippen LogP contribution is -2.34. The molecule has 1 heterocycles. The van der Waals surface area contributed by atoms with E-state index < -0.39 is 6.10 Å². The van der Waals surface area contributed by atoms with Gasteiger partial charge in [-0.05, 0) is 25.1 Å². The van der Waals surface area contributed by atoms with Crippen LogP contribution in [0.25, 0.3) is 11.0 Å². The number of aromatic nitrogens is 2. The van der Waals surface area contributed by atoms with Gasteiger partial charge in [0.25, 0.3) is 0 Å². The highest BCUT2D eigenvalue weighted by atomic mass is 16.3. The van der Waals surface area contributed by atoms with E-state index in [1.165, 1.54) is 0 Å². The first-order chi connectivity index (χ1) is 8.15. The van der Waals surface area contributed by atoms with Crippen molar-refractivity contribution in [3.63, 3.8) is 0 Å². The molecule has 0 aliphatic heterocycles. The molecular weight excluding hydrogens is 220 g/mol. The van der Waals surface area contributed by atoms with Crippen LogP contribution in [0.3, 0.4) is 0 Å². The number of rotatable bonds is 3. The molecule has 2 aromatic rings. The Kier molecular flexibility index (Phi) is 3.24. The number of hydrogen-bond donors (Lipinski definition) is 4. The average Bonchev–Trinajstić information content (AvgIpc) is 2.73. The first-order valence-corrected chi connectivity index (χ1v) is 5.31. The number of hydrogen-bond acceptors (Lipinski definition) is 3. The number of anilines is 1. The number of benzene rings is 1. The van der Waals surface area contributed by atoms with Crippen LogP contribution in [0.15, 0.2) is 24.5 Å². The fourth-order valence-corrected chi connectivity index (χ4v) is 1.43. The molecule has 1 unspecified atom stereocenters. The molecule has 1 aromatic heterocycles. The monoisotopic (exact) mass is 234 g/mol. The molecule has 6 heteroatoms. The Morgan fingerprint density at radius 2 is 2.41 bits per heavy atom. The van der Waals surface area contributed by atoms with Gasteiger partial charge in [0.15, 0.2) is 0 Å². The number of fused-ring (bicyclic) bond motifs is 1. The molecule has 2 amide bonds. The first kappa shape index (κ1) is 11.4. The zero-order valence-corrected chi connectivity index (χ0v) is 9.40. The molecule has 2 rings (SSSR count). The summed E-state index contributed by atoms with van der Waals surface area (Å²) in [5.74, 6) is 0. The summed E-state index contributed by atoms with van der Waals surface area (Å²) in [6.07, 6.45) is 1.04. The summed E-state index contributed by atoms with van der Waals surface area (Å²) in [5.41, 5.74) is 2.38. The van der Waals surface area contributed by atoms with Gasteiger partial charge in [0.2, 0.25) is 0 Å². The third-order valence-electron chi connectivity index (χ3n) is 2.24. The van der Waals surface area contributed by atoms with Gasteiger partial charge in [-0.3, -0.25) is 0 Å². The summed E-state index contributed by atoms with van der Waals surface area (Å²) in [6.45, 7) is 1.83. The SMILES string of the molecule is CC(O)CNC(=O)Nc1ccc2nc[nH]c2c1. The van der Waals surface area contributed by atoms with Crippen LogP contribution in [-0.2, 0) is 0 Å². The normalized spacial score (nSPS) is 12.4. The first-order valence-electron chi connectivity index (χ1n) is 5.31. The van der Waals surface area contributed by atoms with Crippen molar-refractivity contribution in [2.75, 3.05) is 11.9 Å². The van der Waals surface area contributed by atoms with Crippen LogP contribution in [-0.4, -0.2) is 33.8 Å². The molecule has 1 aromatic carbocycles.